The molecule has 0 heterocycles. The van der Waals surface area contributed by atoms with Gasteiger partial charge in [-0.15, -0.1) is 0 Å². The lowest BCUT2D eigenvalue weighted by Crippen LogP contribution is -2.33. The molecular weight excluding hydrogens is 364 g/mol. The Kier molecular flexibility index (Phi) is 6.85. The predicted octanol–water partition coefficient (Wildman–Crippen LogP) is 2.84. The van der Waals surface area contributed by atoms with Gasteiger partial charge in [0, 0.05) is 13.1 Å². The number of nitrogens with one attached hydrogen (secondary N) is 1. The fourth-order valence-corrected chi connectivity index (χ4v) is 3.16. The van der Waals surface area contributed by atoms with Crippen LogP contribution in [-0.4, -0.2) is 40.8 Å². The second kappa shape index (κ2) is 8.90. The van der Waals surface area contributed by atoms with Gasteiger partial charge in [-0.1, -0.05) is 30.3 Å². The first-order chi connectivity index (χ1) is 12.7. The molecule has 1 amide bonds. The number of methoxy groups -OCH3 is 1. The summed E-state index contributed by atoms with van der Waals surface area (Å²) < 4.78 is 29.9. The summed E-state index contributed by atoms with van der Waals surface area (Å²) in [6, 6.07) is 14.8. The highest BCUT2D eigenvalue weighted by molar-refractivity contribution is 7.92. The van der Waals surface area contributed by atoms with Gasteiger partial charge in [-0.05, 0) is 43.5 Å². The Morgan fingerprint density at radius 2 is 1.85 bits per heavy atom. The SMILES string of the molecule is COc1ccc(N(C)S(C)(=O)=O)cc1C(=O)N[C@H](C)CCc1ccccc1. The molecule has 0 aromatic heterocycles. The highest BCUT2D eigenvalue weighted by Crippen LogP contribution is 2.26. The van der Waals surface area contributed by atoms with E-state index in [1.54, 1.807) is 12.1 Å². The van der Waals surface area contributed by atoms with Crippen LogP contribution in [-0.2, 0) is 16.4 Å². The van der Waals surface area contributed by atoms with E-state index in [9.17, 15) is 13.2 Å². The molecule has 7 heteroatoms. The molecule has 0 saturated heterocycles. The maximum absolute atomic E-state index is 12.7. The maximum atomic E-state index is 12.7. The minimum atomic E-state index is -3.42. The van der Waals surface area contributed by atoms with E-state index in [1.165, 1.54) is 25.8 Å². The zero-order valence-corrected chi connectivity index (χ0v) is 16.9. The summed E-state index contributed by atoms with van der Waals surface area (Å²) in [7, 11) is -0.497. The van der Waals surface area contributed by atoms with Crippen molar-refractivity contribution in [3.05, 3.63) is 59.7 Å². The van der Waals surface area contributed by atoms with Gasteiger partial charge in [0.25, 0.3) is 5.91 Å². The first-order valence-electron chi connectivity index (χ1n) is 8.69. The number of benzene rings is 2. The molecule has 0 spiro atoms. The number of ether oxygens (including phenoxy) is 1. The number of hydrogen-bond donors (Lipinski definition) is 1. The van der Waals surface area contributed by atoms with Gasteiger partial charge in [0.15, 0.2) is 0 Å². The molecule has 1 atom stereocenters. The summed E-state index contributed by atoms with van der Waals surface area (Å²) in [4.78, 5) is 12.7. The molecule has 27 heavy (non-hydrogen) atoms. The number of aryl methyl sites for hydroxylation is 1. The van der Waals surface area contributed by atoms with Crippen LogP contribution < -0.4 is 14.4 Å². The number of sulfonamides is 1. The molecule has 2 aromatic rings. The van der Waals surface area contributed by atoms with Crippen molar-refractivity contribution in [3.63, 3.8) is 0 Å². The first kappa shape index (κ1) is 20.8. The van der Waals surface area contributed by atoms with Crippen molar-refractivity contribution in [2.75, 3.05) is 24.7 Å². The van der Waals surface area contributed by atoms with E-state index in [0.717, 1.165) is 23.4 Å². The molecule has 0 unspecified atom stereocenters. The van der Waals surface area contributed by atoms with E-state index in [2.05, 4.69) is 17.4 Å². The van der Waals surface area contributed by atoms with E-state index in [1.807, 2.05) is 25.1 Å². The van der Waals surface area contributed by atoms with Gasteiger partial charge in [-0.25, -0.2) is 8.42 Å². The highest BCUT2D eigenvalue weighted by Gasteiger charge is 2.19. The number of carbonyl (C=O) groups is 1. The normalized spacial score (nSPS) is 12.3. The molecule has 0 saturated carbocycles. The van der Waals surface area contributed by atoms with Crippen LogP contribution in [0.3, 0.4) is 0 Å². The van der Waals surface area contributed by atoms with Gasteiger partial charge < -0.3 is 10.1 Å². The number of anilines is 1. The van der Waals surface area contributed by atoms with Crippen LogP contribution in [0.25, 0.3) is 0 Å². The molecule has 6 nitrogen and oxygen atoms in total. The molecule has 0 aliphatic carbocycles. The van der Waals surface area contributed by atoms with Crippen LogP contribution in [0.15, 0.2) is 48.5 Å². The van der Waals surface area contributed by atoms with Crippen LogP contribution in [0, 0.1) is 0 Å². The van der Waals surface area contributed by atoms with Crippen molar-refractivity contribution in [2.45, 2.75) is 25.8 Å². The molecule has 1 N–H and O–H groups in total. The second-order valence-electron chi connectivity index (χ2n) is 6.51. The lowest BCUT2D eigenvalue weighted by Gasteiger charge is -2.20. The summed E-state index contributed by atoms with van der Waals surface area (Å²) in [5.74, 6) is 0.101. The topological polar surface area (TPSA) is 75.7 Å². The van der Waals surface area contributed by atoms with Gasteiger partial charge in [-0.2, -0.15) is 0 Å². The van der Waals surface area contributed by atoms with Gasteiger partial charge in [-0.3, -0.25) is 9.10 Å². The second-order valence-corrected chi connectivity index (χ2v) is 8.53. The molecule has 0 fully saturated rings. The van der Waals surface area contributed by atoms with Crippen molar-refractivity contribution in [1.29, 1.82) is 0 Å². The summed E-state index contributed by atoms with van der Waals surface area (Å²) >= 11 is 0. The third kappa shape index (κ3) is 5.72. The number of rotatable bonds is 8. The van der Waals surface area contributed by atoms with E-state index in [-0.39, 0.29) is 11.9 Å². The van der Waals surface area contributed by atoms with E-state index >= 15 is 0 Å². The number of amides is 1. The Labute approximate surface area is 161 Å². The molecule has 0 aliphatic rings. The average molecular weight is 391 g/mol. The van der Waals surface area contributed by atoms with Crippen molar-refractivity contribution < 1.29 is 17.9 Å². The van der Waals surface area contributed by atoms with Crippen molar-refractivity contribution in [1.82, 2.24) is 5.32 Å². The molecule has 0 bridgehead atoms. The molecule has 146 valence electrons. The van der Waals surface area contributed by atoms with Gasteiger partial charge in [0.1, 0.15) is 5.75 Å². The minimum absolute atomic E-state index is 0.0429. The Bertz CT molecular complexity index is 882. The molecule has 2 rings (SSSR count). The van der Waals surface area contributed by atoms with Crippen LogP contribution >= 0.6 is 0 Å². The van der Waals surface area contributed by atoms with Gasteiger partial charge in [0.2, 0.25) is 10.0 Å². The van der Waals surface area contributed by atoms with Gasteiger partial charge in [0.05, 0.1) is 24.6 Å². The monoisotopic (exact) mass is 390 g/mol. The van der Waals surface area contributed by atoms with Crippen LogP contribution in [0.5, 0.6) is 5.75 Å². The first-order valence-corrected chi connectivity index (χ1v) is 10.5. The fraction of sp³-hybridized carbons (Fsp3) is 0.350. The van der Waals surface area contributed by atoms with Gasteiger partial charge >= 0.3 is 0 Å². The Hall–Kier alpha value is -2.54. The minimum Gasteiger partial charge on any atom is -0.496 e. The summed E-state index contributed by atoms with van der Waals surface area (Å²) in [5, 5.41) is 2.96. The largest absolute Gasteiger partial charge is 0.496 e. The number of carbonyl (C=O) groups excluding carboxylic acids is 1. The van der Waals surface area contributed by atoms with E-state index in [0.29, 0.717) is 17.0 Å². The molecular formula is C20H26N2O4S. The Morgan fingerprint density at radius 3 is 2.44 bits per heavy atom. The number of hydrogen-bond acceptors (Lipinski definition) is 4. The van der Waals surface area contributed by atoms with Crippen molar-refractivity contribution >= 4 is 21.6 Å². The maximum Gasteiger partial charge on any atom is 0.255 e. The predicted molar refractivity (Wildman–Crippen MR) is 108 cm³/mol. The zero-order valence-electron chi connectivity index (χ0n) is 16.1. The summed E-state index contributed by atoms with van der Waals surface area (Å²) in [6.45, 7) is 1.94. The average Bonchev–Trinajstić information content (AvgIpc) is 2.65. The smallest absolute Gasteiger partial charge is 0.255 e. The lowest BCUT2D eigenvalue weighted by atomic mass is 10.1. The summed E-state index contributed by atoms with van der Waals surface area (Å²) in [6.07, 6.45) is 2.76. The molecule has 0 aliphatic heterocycles. The highest BCUT2D eigenvalue weighted by atomic mass is 32.2. The van der Waals surface area contributed by atoms with Crippen molar-refractivity contribution in [3.8, 4) is 5.75 Å². The molecule has 0 radical (unpaired) electrons. The lowest BCUT2D eigenvalue weighted by molar-refractivity contribution is 0.0935. The molecule has 2 aromatic carbocycles. The van der Waals surface area contributed by atoms with E-state index < -0.39 is 10.0 Å². The quantitative estimate of drug-likeness (QED) is 0.752. The van der Waals surface area contributed by atoms with Crippen molar-refractivity contribution in [2.24, 2.45) is 0 Å². The Morgan fingerprint density at radius 1 is 1.19 bits per heavy atom. The van der Waals surface area contributed by atoms with Crippen LogP contribution in [0.4, 0.5) is 5.69 Å². The zero-order chi connectivity index (χ0) is 20.0. The third-order valence-electron chi connectivity index (χ3n) is 4.38. The standard InChI is InChI=1S/C20H26N2O4S/c1-15(10-11-16-8-6-5-7-9-16)21-20(23)18-14-17(12-13-19(18)26-3)22(2)27(4,24)25/h5-9,12-15H,10-11H2,1-4H3,(H,21,23)/t15-/m1/s1. The Balaban J connectivity index is 2.11. The summed E-state index contributed by atoms with van der Waals surface area (Å²) in [5.41, 5.74) is 1.92. The number of nitrogens with zero attached hydrogens (tertiary/aromatic N) is 1. The fourth-order valence-electron chi connectivity index (χ4n) is 2.66. The van der Waals surface area contributed by atoms with Crippen LogP contribution in [0.1, 0.15) is 29.3 Å². The van der Waals surface area contributed by atoms with E-state index in [4.69, 9.17) is 4.74 Å². The third-order valence-corrected chi connectivity index (χ3v) is 5.58. The van der Waals surface area contributed by atoms with Crippen LogP contribution in [0.2, 0.25) is 0 Å².